The van der Waals surface area contributed by atoms with Crippen LogP contribution in [0.3, 0.4) is 0 Å². The van der Waals surface area contributed by atoms with Gasteiger partial charge in [-0.1, -0.05) is 0 Å². The van der Waals surface area contributed by atoms with E-state index < -0.39 is 7.12 Å². The maximum Gasteiger partial charge on any atom is 0.508 e. The van der Waals surface area contributed by atoms with Crippen molar-refractivity contribution in [2.45, 2.75) is 0 Å². The Balaban J connectivity index is 2.83. The van der Waals surface area contributed by atoms with Gasteiger partial charge in [-0.3, -0.25) is 4.98 Å². The van der Waals surface area contributed by atoms with Gasteiger partial charge in [0.1, 0.15) is 5.75 Å². The molecule has 4 nitrogen and oxygen atoms in total. The second-order valence-electron chi connectivity index (χ2n) is 2.00. The van der Waals surface area contributed by atoms with Crippen molar-refractivity contribution in [1.82, 2.24) is 4.98 Å². The van der Waals surface area contributed by atoms with Crippen molar-refractivity contribution in [2.24, 2.45) is 0 Å². The van der Waals surface area contributed by atoms with E-state index in [1.54, 1.807) is 6.07 Å². The Bertz CT molecular complexity index is 224. The van der Waals surface area contributed by atoms with Crippen molar-refractivity contribution < 1.29 is 14.8 Å². The van der Waals surface area contributed by atoms with Gasteiger partial charge in [-0.15, -0.1) is 0 Å². The third kappa shape index (κ3) is 1.93. The van der Waals surface area contributed by atoms with Crippen LogP contribution in [0.4, 0.5) is 0 Å². The first-order chi connectivity index (χ1) is 5.24. The van der Waals surface area contributed by atoms with Crippen LogP contribution < -0.4 is 10.3 Å². The molecule has 0 saturated carbocycles. The summed E-state index contributed by atoms with van der Waals surface area (Å²) in [6.07, 6.45) is 1.43. The maximum atomic E-state index is 8.64. The van der Waals surface area contributed by atoms with Crippen molar-refractivity contribution in [2.75, 3.05) is 7.11 Å². The summed E-state index contributed by atoms with van der Waals surface area (Å²) in [7, 11) is 0.00685. The van der Waals surface area contributed by atoms with Crippen molar-refractivity contribution in [3.63, 3.8) is 0 Å². The first-order valence-electron chi connectivity index (χ1n) is 3.10. The van der Waals surface area contributed by atoms with E-state index in [0.717, 1.165) is 0 Å². The van der Waals surface area contributed by atoms with Crippen LogP contribution in [0.2, 0.25) is 0 Å². The highest BCUT2D eigenvalue weighted by Crippen LogP contribution is 2.02. The number of ether oxygens (including phenoxy) is 1. The molecular weight excluding hydrogens is 145 g/mol. The highest BCUT2D eigenvalue weighted by molar-refractivity contribution is 6.57. The van der Waals surface area contributed by atoms with Gasteiger partial charge in [-0.25, -0.2) is 0 Å². The molecule has 0 aliphatic rings. The molecule has 5 heteroatoms. The van der Waals surface area contributed by atoms with Gasteiger partial charge in [0, 0.05) is 0 Å². The minimum Gasteiger partial charge on any atom is -0.495 e. The lowest BCUT2D eigenvalue weighted by molar-refractivity contribution is 0.411. The molecule has 0 amide bonds. The molecule has 58 valence electrons. The van der Waals surface area contributed by atoms with Crippen LogP contribution in [0.5, 0.6) is 5.75 Å². The Morgan fingerprint density at radius 1 is 1.45 bits per heavy atom. The number of nitrogens with zero attached hydrogens (tertiary/aromatic N) is 1. The van der Waals surface area contributed by atoms with Crippen LogP contribution in [-0.2, 0) is 0 Å². The van der Waals surface area contributed by atoms with Gasteiger partial charge in [-0.2, -0.15) is 0 Å². The van der Waals surface area contributed by atoms with E-state index in [1.165, 1.54) is 19.4 Å². The van der Waals surface area contributed by atoms with Crippen LogP contribution in [0.15, 0.2) is 18.3 Å². The first kappa shape index (κ1) is 8.04. The lowest BCUT2D eigenvalue weighted by atomic mass is 9.86. The van der Waals surface area contributed by atoms with E-state index in [2.05, 4.69) is 4.98 Å². The van der Waals surface area contributed by atoms with Gasteiger partial charge < -0.3 is 14.8 Å². The van der Waals surface area contributed by atoms with E-state index in [0.29, 0.717) is 5.75 Å². The predicted octanol–water partition coefficient (Wildman–Crippen LogP) is -1.23. The summed E-state index contributed by atoms with van der Waals surface area (Å²) in [5.74, 6) is 0.592. The molecule has 1 aromatic heterocycles. The van der Waals surface area contributed by atoms with E-state index in [1.807, 2.05) is 0 Å². The number of rotatable bonds is 2. The third-order valence-corrected chi connectivity index (χ3v) is 1.26. The molecule has 1 aromatic rings. The molecule has 0 unspecified atom stereocenters. The third-order valence-electron chi connectivity index (χ3n) is 1.26. The van der Waals surface area contributed by atoms with Crippen molar-refractivity contribution in [3.8, 4) is 5.75 Å². The molecule has 0 aliphatic carbocycles. The van der Waals surface area contributed by atoms with Crippen molar-refractivity contribution >= 4 is 12.7 Å². The zero-order chi connectivity index (χ0) is 8.27. The highest BCUT2D eigenvalue weighted by Gasteiger charge is 2.11. The molecule has 1 rings (SSSR count). The Kier molecular flexibility index (Phi) is 2.46. The zero-order valence-corrected chi connectivity index (χ0v) is 6.06. The minimum atomic E-state index is -1.51. The molecule has 0 spiro atoms. The second kappa shape index (κ2) is 3.36. The molecule has 2 N–H and O–H groups in total. The van der Waals surface area contributed by atoms with Gasteiger partial charge >= 0.3 is 7.12 Å². The van der Waals surface area contributed by atoms with E-state index in [-0.39, 0.29) is 5.59 Å². The van der Waals surface area contributed by atoms with E-state index in [4.69, 9.17) is 14.8 Å². The number of hydrogen-bond donors (Lipinski definition) is 2. The van der Waals surface area contributed by atoms with Gasteiger partial charge in [0.05, 0.1) is 18.9 Å². The van der Waals surface area contributed by atoms with Crippen LogP contribution in [0.25, 0.3) is 0 Å². The molecule has 1 heterocycles. The Hall–Kier alpha value is -1.07. The Morgan fingerprint density at radius 3 is 2.55 bits per heavy atom. The summed E-state index contributed by atoms with van der Waals surface area (Å²) in [5.41, 5.74) is 0.214. The quantitative estimate of drug-likeness (QED) is 0.522. The lowest BCUT2D eigenvalue weighted by Crippen LogP contribution is -2.32. The van der Waals surface area contributed by atoms with Crippen molar-refractivity contribution in [3.05, 3.63) is 18.3 Å². The Labute approximate surface area is 64.6 Å². The largest absolute Gasteiger partial charge is 0.508 e. The summed E-state index contributed by atoms with van der Waals surface area (Å²) < 4.78 is 4.82. The zero-order valence-electron chi connectivity index (χ0n) is 6.06. The molecule has 0 fully saturated rings. The standard InChI is InChI=1S/C6H8BNO3/c1-11-5-2-3-6(7(9)10)8-4-5/h2-4,9-10H,1H3. The topological polar surface area (TPSA) is 62.6 Å². The van der Waals surface area contributed by atoms with Crippen LogP contribution in [-0.4, -0.2) is 29.3 Å². The molecule has 0 atom stereocenters. The van der Waals surface area contributed by atoms with Gasteiger partial charge in [-0.05, 0) is 12.1 Å². The molecular formula is C6H8BNO3. The second-order valence-corrected chi connectivity index (χ2v) is 2.00. The smallest absolute Gasteiger partial charge is 0.495 e. The molecule has 0 aliphatic heterocycles. The first-order valence-corrected chi connectivity index (χ1v) is 3.10. The Morgan fingerprint density at radius 2 is 2.18 bits per heavy atom. The fourth-order valence-corrected chi connectivity index (χ4v) is 0.665. The summed E-state index contributed by atoms with van der Waals surface area (Å²) in [6, 6.07) is 3.10. The van der Waals surface area contributed by atoms with Crippen LogP contribution >= 0.6 is 0 Å². The molecule has 0 radical (unpaired) electrons. The summed E-state index contributed by atoms with van der Waals surface area (Å²) >= 11 is 0. The average molecular weight is 153 g/mol. The van der Waals surface area contributed by atoms with E-state index in [9.17, 15) is 0 Å². The number of aromatic nitrogens is 1. The number of methoxy groups -OCH3 is 1. The summed E-state index contributed by atoms with van der Waals surface area (Å²) in [4.78, 5) is 3.72. The molecule has 0 aromatic carbocycles. The monoisotopic (exact) mass is 153 g/mol. The summed E-state index contributed by atoms with van der Waals surface area (Å²) in [6.45, 7) is 0. The van der Waals surface area contributed by atoms with Crippen LogP contribution in [0.1, 0.15) is 0 Å². The SMILES string of the molecule is COc1ccc(B(O)O)nc1. The van der Waals surface area contributed by atoms with Crippen LogP contribution in [0, 0.1) is 0 Å². The van der Waals surface area contributed by atoms with Gasteiger partial charge in [0.15, 0.2) is 0 Å². The van der Waals surface area contributed by atoms with Gasteiger partial charge in [0.2, 0.25) is 0 Å². The number of pyridine rings is 1. The predicted molar refractivity (Wildman–Crippen MR) is 40.6 cm³/mol. The number of hydrogen-bond acceptors (Lipinski definition) is 4. The summed E-state index contributed by atoms with van der Waals surface area (Å²) in [5, 5.41) is 17.3. The molecule has 0 saturated heterocycles. The maximum absolute atomic E-state index is 8.64. The lowest BCUT2D eigenvalue weighted by Gasteiger charge is -1.99. The van der Waals surface area contributed by atoms with Gasteiger partial charge in [0.25, 0.3) is 0 Å². The highest BCUT2D eigenvalue weighted by atomic mass is 16.5. The fraction of sp³-hybridized carbons (Fsp3) is 0.167. The van der Waals surface area contributed by atoms with Crippen molar-refractivity contribution in [1.29, 1.82) is 0 Å². The average Bonchev–Trinajstić information content (AvgIpc) is 2.05. The molecule has 11 heavy (non-hydrogen) atoms. The fourth-order valence-electron chi connectivity index (χ4n) is 0.665. The normalized spacial score (nSPS) is 9.36. The minimum absolute atomic E-state index is 0.214. The van der Waals surface area contributed by atoms with E-state index >= 15 is 0 Å². The molecule has 0 bridgehead atoms.